The van der Waals surface area contributed by atoms with Gasteiger partial charge in [-0.15, -0.1) is 0 Å². The molecule has 0 aliphatic heterocycles. The van der Waals surface area contributed by atoms with E-state index in [-0.39, 0.29) is 0 Å². The second-order valence-electron chi connectivity index (χ2n) is 2.48. The average molecular weight is 188 g/mol. The van der Waals surface area contributed by atoms with Crippen LogP contribution in [-0.4, -0.2) is 12.4 Å². The van der Waals surface area contributed by atoms with Crippen molar-refractivity contribution in [2.45, 2.75) is 13.8 Å². The van der Waals surface area contributed by atoms with E-state index in [0.29, 0.717) is 0 Å². The Bertz CT molecular complexity index is 304. The summed E-state index contributed by atoms with van der Waals surface area (Å²) in [5.74, 6) is 0. The molecule has 14 heavy (non-hydrogen) atoms. The van der Waals surface area contributed by atoms with Crippen LogP contribution in [0.15, 0.2) is 58.8 Å². The van der Waals surface area contributed by atoms with Crippen molar-refractivity contribution in [1.29, 1.82) is 0 Å². The van der Waals surface area contributed by atoms with Gasteiger partial charge in [-0.2, -0.15) is 0 Å². The van der Waals surface area contributed by atoms with Gasteiger partial charge in [0.2, 0.25) is 0 Å². The number of allylic oxidation sites excluding steroid dienone is 4. The highest BCUT2D eigenvalue weighted by molar-refractivity contribution is 5.85. The lowest BCUT2D eigenvalue weighted by molar-refractivity contribution is 1.48. The molecule has 0 heterocycles. The summed E-state index contributed by atoms with van der Waals surface area (Å²) >= 11 is 0. The molecule has 2 nitrogen and oxygen atoms in total. The predicted molar refractivity (Wildman–Crippen MR) is 64.9 cm³/mol. The Balaban J connectivity index is 4.55. The zero-order valence-corrected chi connectivity index (χ0v) is 8.77. The van der Waals surface area contributed by atoms with Gasteiger partial charge in [0.05, 0.1) is 0 Å². The van der Waals surface area contributed by atoms with E-state index in [0.717, 1.165) is 11.1 Å². The highest BCUT2D eigenvalue weighted by atomic mass is 14.7. The molecule has 0 rings (SSSR count). The maximum absolute atomic E-state index is 4.02. The zero-order chi connectivity index (χ0) is 10.8. The van der Waals surface area contributed by atoms with E-state index in [9.17, 15) is 0 Å². The van der Waals surface area contributed by atoms with Crippen LogP contribution >= 0.6 is 0 Å². The zero-order valence-electron chi connectivity index (χ0n) is 8.77. The molecule has 0 spiro atoms. The second-order valence-corrected chi connectivity index (χ2v) is 2.48. The molecule has 2 heteroatoms. The van der Waals surface area contributed by atoms with Crippen molar-refractivity contribution in [3.63, 3.8) is 0 Å². The van der Waals surface area contributed by atoms with Crippen LogP contribution < -0.4 is 0 Å². The van der Waals surface area contributed by atoms with E-state index in [1.165, 1.54) is 0 Å². The fourth-order valence-electron chi connectivity index (χ4n) is 0.715. The predicted octanol–water partition coefficient (Wildman–Crippen LogP) is 3.31. The summed E-state index contributed by atoms with van der Waals surface area (Å²) in [6.07, 6.45) is 10.4. The molecule has 0 aliphatic rings. The highest BCUT2D eigenvalue weighted by Gasteiger charge is 1.92. The van der Waals surface area contributed by atoms with Crippen LogP contribution in [0.3, 0.4) is 0 Å². The van der Waals surface area contributed by atoms with Crippen LogP contribution in [0, 0.1) is 0 Å². The molecule has 0 bridgehead atoms. The van der Waals surface area contributed by atoms with Gasteiger partial charge in [-0.3, -0.25) is 9.98 Å². The van der Waals surface area contributed by atoms with E-state index < -0.39 is 0 Å². The maximum atomic E-state index is 4.02. The number of hydrogen-bond acceptors (Lipinski definition) is 2. The van der Waals surface area contributed by atoms with Crippen molar-refractivity contribution in [2.24, 2.45) is 9.98 Å². The van der Waals surface area contributed by atoms with Crippen LogP contribution in [0.5, 0.6) is 0 Å². The minimum atomic E-state index is 0.795. The van der Waals surface area contributed by atoms with Crippen LogP contribution in [0.4, 0.5) is 0 Å². The summed E-state index contributed by atoms with van der Waals surface area (Å²) in [6.45, 7) is 11.3. The minimum absolute atomic E-state index is 0.795. The smallest absolute Gasteiger partial charge is 0.0342 e. The van der Waals surface area contributed by atoms with Gasteiger partial charge < -0.3 is 0 Å². The van der Waals surface area contributed by atoms with E-state index >= 15 is 0 Å². The van der Waals surface area contributed by atoms with Crippen molar-refractivity contribution in [3.8, 4) is 0 Å². The first-order chi connectivity index (χ1) is 6.76. The molecule has 0 radical (unpaired) electrons. The molecule has 0 unspecified atom stereocenters. The van der Waals surface area contributed by atoms with Crippen LogP contribution in [0.2, 0.25) is 0 Å². The van der Waals surface area contributed by atoms with Gasteiger partial charge in [-0.1, -0.05) is 25.3 Å². The summed E-state index contributed by atoms with van der Waals surface area (Å²) in [7, 11) is 0. The van der Waals surface area contributed by atoms with E-state index in [1.54, 1.807) is 30.9 Å². The average Bonchev–Trinajstić information content (AvgIpc) is 2.19. The Kier molecular flexibility index (Phi) is 6.96. The number of hydrogen-bond donors (Lipinski definition) is 0. The van der Waals surface area contributed by atoms with Gasteiger partial charge in [-0.25, -0.2) is 0 Å². The SMILES string of the molecule is C=CC(=CN=CC)C(=C)C=NC=CC. The van der Waals surface area contributed by atoms with E-state index in [1.807, 2.05) is 19.9 Å². The molecule has 0 saturated carbocycles. The lowest BCUT2D eigenvalue weighted by Crippen LogP contribution is -1.85. The van der Waals surface area contributed by atoms with E-state index in [4.69, 9.17) is 0 Å². The maximum Gasteiger partial charge on any atom is 0.0342 e. The molecule has 0 fully saturated rings. The Morgan fingerprint density at radius 3 is 2.43 bits per heavy atom. The van der Waals surface area contributed by atoms with Gasteiger partial charge in [-0.05, 0) is 19.4 Å². The summed E-state index contributed by atoms with van der Waals surface area (Å²) in [4.78, 5) is 8.01. The Hall–Kier alpha value is -1.70. The molecule has 0 aromatic heterocycles. The van der Waals surface area contributed by atoms with Gasteiger partial charge in [0, 0.05) is 30.4 Å². The summed E-state index contributed by atoms with van der Waals surface area (Å²) in [5.41, 5.74) is 1.67. The molecule has 0 aromatic carbocycles. The second kappa shape index (κ2) is 7.92. The van der Waals surface area contributed by atoms with Gasteiger partial charge in [0.15, 0.2) is 0 Å². The van der Waals surface area contributed by atoms with Crippen LogP contribution in [-0.2, 0) is 0 Å². The topological polar surface area (TPSA) is 24.7 Å². The molecule has 0 aliphatic carbocycles. The quantitative estimate of drug-likeness (QED) is 0.467. The molecule has 0 saturated heterocycles. The number of nitrogens with zero attached hydrogens (tertiary/aromatic N) is 2. The largest absolute Gasteiger partial charge is 0.269 e. The van der Waals surface area contributed by atoms with Gasteiger partial charge >= 0.3 is 0 Å². The van der Waals surface area contributed by atoms with Crippen molar-refractivity contribution in [3.05, 3.63) is 48.9 Å². The van der Waals surface area contributed by atoms with Crippen LogP contribution in [0.25, 0.3) is 0 Å². The fourth-order valence-corrected chi connectivity index (χ4v) is 0.715. The van der Waals surface area contributed by atoms with Gasteiger partial charge in [0.1, 0.15) is 0 Å². The lowest BCUT2D eigenvalue weighted by atomic mass is 10.1. The summed E-state index contributed by atoms with van der Waals surface area (Å²) in [6, 6.07) is 0. The minimum Gasteiger partial charge on any atom is -0.269 e. The normalized spacial score (nSPS) is 13.1. The molecule has 0 amide bonds. The third-order valence-electron chi connectivity index (χ3n) is 1.42. The third-order valence-corrected chi connectivity index (χ3v) is 1.42. The first-order valence-electron chi connectivity index (χ1n) is 4.40. The number of rotatable bonds is 5. The van der Waals surface area contributed by atoms with Crippen LogP contribution in [0.1, 0.15) is 13.8 Å². The highest BCUT2D eigenvalue weighted by Crippen LogP contribution is 2.06. The lowest BCUT2D eigenvalue weighted by Gasteiger charge is -1.96. The fraction of sp³-hybridized carbons (Fsp3) is 0.167. The first kappa shape index (κ1) is 12.3. The van der Waals surface area contributed by atoms with Crippen molar-refractivity contribution in [1.82, 2.24) is 0 Å². The monoisotopic (exact) mass is 188 g/mol. The molecule has 0 N–H and O–H groups in total. The molecule has 74 valence electrons. The van der Waals surface area contributed by atoms with Crippen molar-refractivity contribution < 1.29 is 0 Å². The van der Waals surface area contributed by atoms with Crippen molar-refractivity contribution in [2.75, 3.05) is 0 Å². The first-order valence-corrected chi connectivity index (χ1v) is 4.40. The Morgan fingerprint density at radius 2 is 1.93 bits per heavy atom. The third kappa shape index (κ3) is 5.04. The molecule has 0 atom stereocenters. The summed E-state index contributed by atoms with van der Waals surface area (Å²) in [5, 5.41) is 0. The molecular weight excluding hydrogens is 172 g/mol. The molecule has 0 aromatic rings. The van der Waals surface area contributed by atoms with E-state index in [2.05, 4.69) is 23.1 Å². The number of aliphatic imine (C=N–C) groups is 2. The standard InChI is InChI=1S/C12H16N2/c1-5-8-14-9-11(4)12(6-2)10-13-7-3/h5-10H,2,4H2,1,3H3. The Morgan fingerprint density at radius 1 is 1.21 bits per heavy atom. The molecular formula is C12H16N2. The summed E-state index contributed by atoms with van der Waals surface area (Å²) < 4.78 is 0. The van der Waals surface area contributed by atoms with Crippen molar-refractivity contribution >= 4 is 12.4 Å². The van der Waals surface area contributed by atoms with Gasteiger partial charge in [0.25, 0.3) is 0 Å². The Labute approximate surface area is 85.8 Å².